The van der Waals surface area contributed by atoms with Gasteiger partial charge in [-0.2, -0.15) is 36.4 Å². The highest BCUT2D eigenvalue weighted by atomic mass is 32.2. The summed E-state index contributed by atoms with van der Waals surface area (Å²) in [6.45, 7) is 3.44. The fourth-order valence-corrected chi connectivity index (χ4v) is 8.12. The lowest BCUT2D eigenvalue weighted by atomic mass is 10.1. The second-order valence-electron chi connectivity index (χ2n) is 13.4. The van der Waals surface area contributed by atoms with E-state index in [0.29, 0.717) is 24.4 Å². The number of nitrogens with zero attached hydrogens (tertiary/aromatic N) is 5. The van der Waals surface area contributed by atoms with Crippen LogP contribution in [0.4, 0.5) is 28.4 Å². The second kappa shape index (κ2) is 23.6. The highest BCUT2D eigenvalue weighted by molar-refractivity contribution is 8.01. The van der Waals surface area contributed by atoms with Gasteiger partial charge in [-0.3, -0.25) is 13.9 Å². The lowest BCUT2D eigenvalue weighted by Gasteiger charge is -2.16. The molecule has 1 amide bonds. The number of aliphatic hydroxyl groups excluding tert-OH is 1. The molecule has 0 aromatic heterocycles. The standard InChI is InChI=1S/C25H27N7O11S2.C7H9NO3S.C7H7NOS/c1-3-41-16-10-15(17(9-13(16)26)42-7-6-33)31-43-44-18-8-12-11(22(34)19(18)27)4-5-14(23(12)45(38,39)40)28-29-20-21(25(36)37)30-32(2)24(20)35;1-5-2-3-6(8)7(4-5)12(9,10)11;9-8-10-7-5-3-1-2-4-6-7/h4-5,8-10,20,31,33-34H,3,6-7,26-27H2,1-2H3,(H,36,37)(H,38,39,40);2-4H,8H2,1H3,(H,9,10,11);1-3,5-6H,4H2. The van der Waals surface area contributed by atoms with Gasteiger partial charge in [0.15, 0.2) is 5.71 Å². The van der Waals surface area contributed by atoms with Gasteiger partial charge >= 0.3 is 5.97 Å². The highest BCUT2D eigenvalue weighted by Crippen LogP contribution is 2.44. The number of carbonyl (C=O) groups is 2. The first kappa shape index (κ1) is 52.8. The van der Waals surface area contributed by atoms with E-state index in [4.69, 9.17) is 40.6 Å². The number of allylic oxidation sites excluding steroid dienone is 5. The molecule has 0 saturated heterocycles. The number of nitrogens with one attached hydrogen (secondary N) is 1. The van der Waals surface area contributed by atoms with Crippen molar-refractivity contribution < 1.29 is 64.6 Å². The van der Waals surface area contributed by atoms with E-state index < -0.39 is 60.2 Å². The molecule has 4 aromatic carbocycles. The van der Waals surface area contributed by atoms with Gasteiger partial charge in [0.05, 0.1) is 59.2 Å². The molecule has 358 valence electrons. The number of azo groups is 1. The first-order valence-corrected chi connectivity index (χ1v) is 23.3. The molecular weight excluding hydrogens is 963 g/mol. The van der Waals surface area contributed by atoms with Crippen molar-refractivity contribution in [2.24, 2.45) is 19.9 Å². The van der Waals surface area contributed by atoms with Crippen LogP contribution in [0.3, 0.4) is 0 Å². The van der Waals surface area contributed by atoms with E-state index in [0.717, 1.165) is 39.9 Å². The number of hydrazone groups is 1. The number of ether oxygens (including phenoxy) is 2. The van der Waals surface area contributed by atoms with Gasteiger partial charge in [-0.05, 0) is 62.2 Å². The Kier molecular flexibility index (Phi) is 18.6. The smallest absolute Gasteiger partial charge is 0.355 e. The van der Waals surface area contributed by atoms with Gasteiger partial charge in [-0.25, -0.2) is 15.3 Å². The number of phenolic OH excluding ortho intramolecular Hbond substituents is 1. The summed E-state index contributed by atoms with van der Waals surface area (Å²) in [4.78, 5) is 33.5. The first-order valence-electron chi connectivity index (χ1n) is 18.9. The largest absolute Gasteiger partial charge is 0.505 e. The molecule has 1 unspecified atom stereocenters. The molecule has 12 N–H and O–H groups in total. The van der Waals surface area contributed by atoms with Gasteiger partial charge in [-0.15, -0.1) is 4.91 Å². The number of amides is 1. The number of aryl methyl sites for hydroxylation is 1. The third-order valence-corrected chi connectivity index (χ3v) is 11.8. The Labute approximate surface area is 391 Å². The fourth-order valence-electron chi connectivity index (χ4n) is 5.63. The molecule has 0 bridgehead atoms. The van der Waals surface area contributed by atoms with E-state index in [1.54, 1.807) is 19.9 Å². The predicted octanol–water partition coefficient (Wildman–Crippen LogP) is 5.77. The van der Waals surface area contributed by atoms with Crippen LogP contribution in [-0.2, 0) is 34.1 Å². The molecule has 28 heteroatoms. The Morgan fingerprint density at radius 2 is 1.72 bits per heavy atom. The first-order chi connectivity index (χ1) is 31.6. The predicted molar refractivity (Wildman–Crippen MR) is 251 cm³/mol. The lowest BCUT2D eigenvalue weighted by molar-refractivity contribution is -0.131. The Balaban J connectivity index is 0.000000361. The van der Waals surface area contributed by atoms with E-state index in [1.165, 1.54) is 43.4 Å². The number of carboxylic acids is 1. The maximum atomic E-state index is 12.5. The number of fused-ring (bicyclic) bond motifs is 1. The van der Waals surface area contributed by atoms with Crippen molar-refractivity contribution >= 4 is 101 Å². The molecule has 1 aliphatic heterocycles. The van der Waals surface area contributed by atoms with E-state index in [1.807, 2.05) is 30.4 Å². The van der Waals surface area contributed by atoms with Gasteiger partial charge in [0.1, 0.15) is 45.0 Å². The minimum atomic E-state index is -5.07. The minimum Gasteiger partial charge on any atom is -0.505 e. The van der Waals surface area contributed by atoms with Crippen LogP contribution in [-0.4, -0.2) is 96.8 Å². The highest BCUT2D eigenvalue weighted by Gasteiger charge is 2.39. The monoisotopic (exact) mass is 1010 g/mol. The number of aromatic hydroxyl groups is 1. The van der Waals surface area contributed by atoms with Crippen molar-refractivity contribution in [3.63, 3.8) is 0 Å². The number of hydrogen-bond acceptors (Lipinski definition) is 22. The number of likely N-dealkylation sites (N-methyl/N-ethyl adjacent to an activating group) is 1. The summed E-state index contributed by atoms with van der Waals surface area (Å²) in [6, 6.07) is 9.19. The number of phenols is 1. The molecule has 0 saturated carbocycles. The molecule has 0 fully saturated rings. The molecule has 0 spiro atoms. The SMILES string of the molecule is CCOc1cc(NOSc2cc3c(S(=O)(=O)O)c(N=NC4C(=O)N(C)N=C4C(=O)O)ccc3c(O)c2N)c(OCCO)cc1N.Cc1ccc(N)c(S(=O)(=O)O)c1.O=NSC1=CCC=CC=C1. The van der Waals surface area contributed by atoms with Crippen molar-refractivity contribution in [3.8, 4) is 17.2 Å². The van der Waals surface area contributed by atoms with Crippen LogP contribution in [0.2, 0.25) is 0 Å². The summed E-state index contributed by atoms with van der Waals surface area (Å²) in [5, 5.41) is 40.7. The van der Waals surface area contributed by atoms with Gasteiger partial charge in [0.25, 0.3) is 26.1 Å². The maximum absolute atomic E-state index is 12.5. The number of carbonyl (C=O) groups excluding carboxylic acids is 1. The summed E-state index contributed by atoms with van der Waals surface area (Å²) >= 11 is 1.52. The number of hydrogen-bond donors (Lipinski definition) is 9. The Hall–Kier alpha value is -6.79. The second-order valence-corrected chi connectivity index (χ2v) is 17.7. The van der Waals surface area contributed by atoms with Crippen molar-refractivity contribution in [1.29, 1.82) is 0 Å². The number of benzene rings is 4. The third-order valence-electron chi connectivity index (χ3n) is 8.65. The number of anilines is 4. The Bertz CT molecular complexity index is 2910. The average molecular weight is 1010 g/mol. The van der Waals surface area contributed by atoms with Crippen LogP contribution in [0.25, 0.3) is 10.8 Å². The average Bonchev–Trinajstić information content (AvgIpc) is 3.38. The molecule has 0 radical (unpaired) electrons. The summed E-state index contributed by atoms with van der Waals surface area (Å²) in [6.07, 6.45) is 10.6. The Morgan fingerprint density at radius 3 is 2.34 bits per heavy atom. The van der Waals surface area contributed by atoms with Crippen LogP contribution in [0, 0.1) is 11.8 Å². The van der Waals surface area contributed by atoms with E-state index in [-0.39, 0.29) is 62.3 Å². The van der Waals surface area contributed by atoms with Crippen LogP contribution in [0.5, 0.6) is 17.2 Å². The van der Waals surface area contributed by atoms with Gasteiger partial charge in [0, 0.05) is 39.4 Å². The topological polar surface area (TPSA) is 391 Å². The van der Waals surface area contributed by atoms with E-state index >= 15 is 0 Å². The van der Waals surface area contributed by atoms with Crippen LogP contribution < -0.4 is 32.2 Å². The zero-order valence-electron chi connectivity index (χ0n) is 35.3. The fraction of sp³-hybridized carbons (Fsp3) is 0.205. The quantitative estimate of drug-likeness (QED) is 0.00940. The summed E-state index contributed by atoms with van der Waals surface area (Å²) < 4.78 is 84.4. The zero-order chi connectivity index (χ0) is 49.6. The van der Waals surface area contributed by atoms with Crippen molar-refractivity contribution in [2.45, 2.75) is 41.0 Å². The lowest BCUT2D eigenvalue weighted by Crippen LogP contribution is -2.31. The minimum absolute atomic E-state index is 0.0160. The Morgan fingerprint density at radius 1 is 0.985 bits per heavy atom. The molecule has 1 aliphatic carbocycles. The molecule has 2 aliphatic rings. The number of nitroso groups, excluding NO2 is 1. The number of nitrogen functional groups attached to an aromatic ring is 3. The third kappa shape index (κ3) is 14.1. The maximum Gasteiger partial charge on any atom is 0.355 e. The van der Waals surface area contributed by atoms with E-state index in [9.17, 15) is 46.1 Å². The summed E-state index contributed by atoms with van der Waals surface area (Å²) in [5.74, 6) is -2.43. The normalized spacial score (nSPS) is 14.6. The van der Waals surface area contributed by atoms with Gasteiger partial charge in [-0.1, -0.05) is 30.4 Å². The number of rotatable bonds is 16. The van der Waals surface area contributed by atoms with Crippen LogP contribution >= 0.6 is 24.0 Å². The molecule has 24 nitrogen and oxygen atoms in total. The number of carboxylic acid groups (broad SMARTS) is 1. The molecule has 1 atom stereocenters. The van der Waals surface area contributed by atoms with Crippen molar-refractivity contribution in [1.82, 2.24) is 5.01 Å². The summed E-state index contributed by atoms with van der Waals surface area (Å²) in [7, 11) is -8.05. The molecular formula is C39H43N9O15S4. The number of aliphatic hydroxyl groups is 1. The molecule has 6 rings (SSSR count). The number of aliphatic carboxylic acids is 1. The van der Waals surface area contributed by atoms with Crippen LogP contribution in [0.1, 0.15) is 18.9 Å². The van der Waals surface area contributed by atoms with E-state index in [2.05, 4.69) is 25.4 Å². The van der Waals surface area contributed by atoms with Crippen LogP contribution in [0.15, 0.2) is 118 Å². The van der Waals surface area contributed by atoms with Crippen molar-refractivity contribution in [2.75, 3.05) is 49.5 Å². The van der Waals surface area contributed by atoms with Crippen molar-refractivity contribution in [3.05, 3.63) is 94.3 Å². The molecule has 1 heterocycles. The number of nitrogens with two attached hydrogens (primary N) is 3. The zero-order valence-corrected chi connectivity index (χ0v) is 38.6. The molecule has 4 aromatic rings. The molecule has 67 heavy (non-hydrogen) atoms. The van der Waals surface area contributed by atoms with Gasteiger partial charge in [0.2, 0.25) is 6.04 Å². The van der Waals surface area contributed by atoms with Gasteiger partial charge < -0.3 is 42.0 Å². The summed E-state index contributed by atoms with van der Waals surface area (Å²) in [5.41, 5.74) is 20.0.